The number of hydrogen-bond donors (Lipinski definition) is 1. The number of carbonyl (C=O) groups is 1. The van der Waals surface area contributed by atoms with Gasteiger partial charge >= 0.3 is 0 Å². The van der Waals surface area contributed by atoms with Gasteiger partial charge in [0.05, 0.1) is 25.0 Å². The van der Waals surface area contributed by atoms with Crippen LogP contribution < -0.4 is 10.1 Å². The number of hydrogen-bond acceptors (Lipinski definition) is 5. The van der Waals surface area contributed by atoms with E-state index in [9.17, 15) is 4.79 Å². The van der Waals surface area contributed by atoms with E-state index in [1.54, 1.807) is 18.9 Å². The van der Waals surface area contributed by atoms with Gasteiger partial charge in [0.25, 0.3) is 0 Å². The molecule has 0 saturated carbocycles. The highest BCUT2D eigenvalue weighted by molar-refractivity contribution is 7.99. The number of rotatable bonds is 6. The predicted molar refractivity (Wildman–Crippen MR) is 101 cm³/mol. The number of methoxy groups -OCH3 is 1. The summed E-state index contributed by atoms with van der Waals surface area (Å²) in [5.41, 5.74) is 1.08. The van der Waals surface area contributed by atoms with Crippen LogP contribution in [0.1, 0.15) is 30.9 Å². The summed E-state index contributed by atoms with van der Waals surface area (Å²) in [5, 5.41) is 3.40. The SMILES string of the molecule is COc1ccccc1C1CNCCN1C(=O)CSCC1CCCCO1. The van der Waals surface area contributed by atoms with Crippen LogP contribution in [0, 0.1) is 0 Å². The molecule has 25 heavy (non-hydrogen) atoms. The summed E-state index contributed by atoms with van der Waals surface area (Å²) < 4.78 is 11.3. The van der Waals surface area contributed by atoms with Gasteiger partial charge in [-0.05, 0) is 25.3 Å². The van der Waals surface area contributed by atoms with E-state index < -0.39 is 0 Å². The Hall–Kier alpha value is -1.24. The van der Waals surface area contributed by atoms with Gasteiger partial charge in [0.2, 0.25) is 5.91 Å². The van der Waals surface area contributed by atoms with Crippen LogP contribution in [0.5, 0.6) is 5.75 Å². The Morgan fingerprint density at radius 2 is 2.28 bits per heavy atom. The van der Waals surface area contributed by atoms with Gasteiger partial charge in [0.15, 0.2) is 0 Å². The van der Waals surface area contributed by atoms with Crippen molar-refractivity contribution in [2.45, 2.75) is 31.4 Å². The molecule has 2 fully saturated rings. The number of ether oxygens (including phenoxy) is 2. The molecule has 3 rings (SSSR count). The van der Waals surface area contributed by atoms with Crippen LogP contribution in [-0.2, 0) is 9.53 Å². The predicted octanol–water partition coefficient (Wildman–Crippen LogP) is 2.47. The molecule has 0 radical (unpaired) electrons. The van der Waals surface area contributed by atoms with Crippen LogP contribution in [0.2, 0.25) is 0 Å². The Labute approximate surface area is 154 Å². The maximum absolute atomic E-state index is 12.8. The smallest absolute Gasteiger partial charge is 0.233 e. The van der Waals surface area contributed by atoms with Crippen molar-refractivity contribution in [3.63, 3.8) is 0 Å². The van der Waals surface area contributed by atoms with E-state index in [2.05, 4.69) is 11.4 Å². The highest BCUT2D eigenvalue weighted by Gasteiger charge is 2.29. The Morgan fingerprint density at radius 3 is 3.08 bits per heavy atom. The lowest BCUT2D eigenvalue weighted by atomic mass is 10.0. The van der Waals surface area contributed by atoms with Gasteiger partial charge in [0, 0.05) is 37.6 Å². The summed E-state index contributed by atoms with van der Waals surface area (Å²) in [5.74, 6) is 2.48. The van der Waals surface area contributed by atoms with Crippen LogP contribution in [0.4, 0.5) is 0 Å². The van der Waals surface area contributed by atoms with Crippen molar-refractivity contribution < 1.29 is 14.3 Å². The zero-order valence-electron chi connectivity index (χ0n) is 14.9. The van der Waals surface area contributed by atoms with Crippen LogP contribution in [0.3, 0.4) is 0 Å². The van der Waals surface area contributed by atoms with E-state index in [-0.39, 0.29) is 11.9 Å². The number of para-hydroxylation sites is 1. The molecule has 0 aliphatic carbocycles. The van der Waals surface area contributed by atoms with Gasteiger partial charge in [-0.1, -0.05) is 18.2 Å². The van der Waals surface area contributed by atoms with Crippen LogP contribution >= 0.6 is 11.8 Å². The summed E-state index contributed by atoms with van der Waals surface area (Å²) in [6, 6.07) is 8.01. The first-order valence-electron chi connectivity index (χ1n) is 9.12. The maximum atomic E-state index is 12.8. The zero-order valence-corrected chi connectivity index (χ0v) is 15.7. The van der Waals surface area contributed by atoms with Crippen molar-refractivity contribution in [2.75, 3.05) is 44.9 Å². The second-order valence-corrected chi connectivity index (χ2v) is 7.58. The lowest BCUT2D eigenvalue weighted by molar-refractivity contribution is -0.131. The zero-order chi connectivity index (χ0) is 17.5. The van der Waals surface area contributed by atoms with Gasteiger partial charge in [-0.2, -0.15) is 0 Å². The van der Waals surface area contributed by atoms with E-state index in [4.69, 9.17) is 9.47 Å². The number of amides is 1. The van der Waals surface area contributed by atoms with Gasteiger partial charge in [-0.25, -0.2) is 0 Å². The quantitative estimate of drug-likeness (QED) is 0.840. The Bertz CT molecular complexity index is 563. The number of thioether (sulfide) groups is 1. The third kappa shape index (κ3) is 4.90. The molecule has 2 aliphatic heterocycles. The Morgan fingerprint density at radius 1 is 1.40 bits per heavy atom. The molecule has 2 saturated heterocycles. The van der Waals surface area contributed by atoms with Gasteiger partial charge < -0.3 is 19.7 Å². The van der Waals surface area contributed by atoms with E-state index in [0.29, 0.717) is 11.9 Å². The molecule has 1 aromatic carbocycles. The van der Waals surface area contributed by atoms with Gasteiger partial charge in [-0.3, -0.25) is 4.79 Å². The molecule has 0 bridgehead atoms. The summed E-state index contributed by atoms with van der Waals surface area (Å²) in [6.07, 6.45) is 3.85. The second-order valence-electron chi connectivity index (χ2n) is 6.55. The molecule has 1 amide bonds. The minimum atomic E-state index is 0.0314. The Kier molecular flexibility index (Phi) is 7.02. The van der Waals surface area contributed by atoms with Crippen LogP contribution in [0.15, 0.2) is 24.3 Å². The van der Waals surface area contributed by atoms with Crippen molar-refractivity contribution >= 4 is 17.7 Å². The molecule has 5 nitrogen and oxygen atoms in total. The molecular weight excluding hydrogens is 336 g/mol. The average Bonchev–Trinajstić information content (AvgIpc) is 2.68. The lowest BCUT2D eigenvalue weighted by Crippen LogP contribution is -2.49. The molecule has 2 unspecified atom stereocenters. The first kappa shape index (κ1) is 18.5. The van der Waals surface area contributed by atoms with Crippen molar-refractivity contribution in [1.82, 2.24) is 10.2 Å². The van der Waals surface area contributed by atoms with Gasteiger partial charge in [0.1, 0.15) is 5.75 Å². The third-order valence-corrected chi connectivity index (χ3v) is 5.92. The molecule has 0 spiro atoms. The van der Waals surface area contributed by atoms with Crippen molar-refractivity contribution in [3.05, 3.63) is 29.8 Å². The second kappa shape index (κ2) is 9.46. The minimum Gasteiger partial charge on any atom is -0.496 e. The lowest BCUT2D eigenvalue weighted by Gasteiger charge is -2.37. The fraction of sp³-hybridized carbons (Fsp3) is 0.632. The fourth-order valence-electron chi connectivity index (χ4n) is 3.52. The van der Waals surface area contributed by atoms with E-state index in [1.807, 2.05) is 23.1 Å². The van der Waals surface area contributed by atoms with Crippen LogP contribution in [0.25, 0.3) is 0 Å². The molecule has 2 atom stereocenters. The third-order valence-electron chi connectivity index (χ3n) is 4.86. The molecule has 6 heteroatoms. The van der Waals surface area contributed by atoms with Crippen molar-refractivity contribution in [3.8, 4) is 5.75 Å². The topological polar surface area (TPSA) is 50.8 Å². The largest absolute Gasteiger partial charge is 0.496 e. The van der Waals surface area contributed by atoms with Crippen molar-refractivity contribution in [1.29, 1.82) is 0 Å². The minimum absolute atomic E-state index is 0.0314. The summed E-state index contributed by atoms with van der Waals surface area (Å²) in [7, 11) is 1.68. The summed E-state index contributed by atoms with van der Waals surface area (Å²) in [4.78, 5) is 14.8. The highest BCUT2D eigenvalue weighted by atomic mass is 32.2. The molecule has 1 aromatic rings. The molecule has 138 valence electrons. The number of nitrogens with zero attached hydrogens (tertiary/aromatic N) is 1. The fourth-order valence-corrected chi connectivity index (χ4v) is 4.51. The van der Waals surface area contributed by atoms with Crippen LogP contribution in [-0.4, -0.2) is 61.8 Å². The number of nitrogens with one attached hydrogen (secondary N) is 1. The first-order valence-corrected chi connectivity index (χ1v) is 10.3. The normalized spacial score (nSPS) is 24.1. The molecular formula is C19H28N2O3S. The van der Waals surface area contributed by atoms with Crippen molar-refractivity contribution in [2.24, 2.45) is 0 Å². The Balaban J connectivity index is 1.59. The number of piperazine rings is 1. The highest BCUT2D eigenvalue weighted by Crippen LogP contribution is 2.30. The standard InChI is InChI=1S/C19H28N2O3S/c1-23-18-8-3-2-7-16(18)17-12-20-9-10-21(17)19(22)14-25-13-15-6-4-5-11-24-15/h2-3,7-8,15,17,20H,4-6,9-14H2,1H3. The molecule has 0 aromatic heterocycles. The number of carbonyl (C=O) groups excluding carboxylic acids is 1. The monoisotopic (exact) mass is 364 g/mol. The summed E-state index contributed by atoms with van der Waals surface area (Å²) >= 11 is 1.70. The molecule has 1 N–H and O–H groups in total. The van der Waals surface area contributed by atoms with E-state index in [1.165, 1.54) is 12.8 Å². The number of benzene rings is 1. The maximum Gasteiger partial charge on any atom is 0.233 e. The summed E-state index contributed by atoms with van der Waals surface area (Å²) in [6.45, 7) is 3.21. The molecule has 2 heterocycles. The average molecular weight is 365 g/mol. The van der Waals surface area contributed by atoms with Gasteiger partial charge in [-0.15, -0.1) is 11.8 Å². The van der Waals surface area contributed by atoms with E-state index in [0.717, 1.165) is 49.7 Å². The first-order chi connectivity index (χ1) is 12.3. The van der Waals surface area contributed by atoms with E-state index >= 15 is 0 Å². The molecule has 2 aliphatic rings.